The lowest BCUT2D eigenvalue weighted by Crippen LogP contribution is -2.73. The molecule has 196 valence electrons. The number of piperazine rings is 1. The monoisotopic (exact) mass is 484 g/mol. The topological polar surface area (TPSA) is 55.9 Å². The first-order chi connectivity index (χ1) is 16.8. The summed E-state index contributed by atoms with van der Waals surface area (Å²) in [7, 11) is 4.12. The first-order valence-electron chi connectivity index (χ1n) is 13.9. The Morgan fingerprint density at radius 1 is 0.971 bits per heavy atom. The molecule has 0 saturated carbocycles. The number of nitrogens with zero attached hydrogens (tertiary/aromatic N) is 3. The Morgan fingerprint density at radius 3 is 2.31 bits per heavy atom. The maximum absolute atomic E-state index is 13.5. The predicted octanol–water partition coefficient (Wildman–Crippen LogP) is 3.95. The molecular weight excluding hydrogens is 436 g/mol. The molecule has 0 unspecified atom stereocenters. The van der Waals surface area contributed by atoms with Crippen LogP contribution in [0.1, 0.15) is 70.8 Å². The first-order valence-corrected chi connectivity index (χ1v) is 13.9. The van der Waals surface area contributed by atoms with Crippen LogP contribution in [0.4, 0.5) is 0 Å². The van der Waals surface area contributed by atoms with E-state index in [2.05, 4.69) is 73.4 Å². The number of amides is 2. The first kappa shape index (κ1) is 27.7. The smallest absolute Gasteiger partial charge is 0.246 e. The van der Waals surface area contributed by atoms with Crippen LogP contribution in [0.3, 0.4) is 0 Å². The third-order valence-electron chi connectivity index (χ3n) is 7.72. The summed E-state index contributed by atoms with van der Waals surface area (Å²) in [5.74, 6) is 0.577. The minimum atomic E-state index is -0.664. The van der Waals surface area contributed by atoms with Crippen LogP contribution in [-0.4, -0.2) is 84.9 Å². The molecule has 6 heteroatoms. The van der Waals surface area contributed by atoms with Crippen molar-refractivity contribution in [2.75, 3.05) is 46.8 Å². The Hall–Kier alpha value is -1.92. The van der Waals surface area contributed by atoms with E-state index in [0.29, 0.717) is 18.9 Å². The van der Waals surface area contributed by atoms with Crippen LogP contribution in [0, 0.1) is 5.92 Å². The fourth-order valence-electron chi connectivity index (χ4n) is 5.68. The van der Waals surface area contributed by atoms with Crippen molar-refractivity contribution >= 4 is 11.8 Å². The molecule has 6 nitrogen and oxygen atoms in total. The number of aryl methyl sites for hydroxylation is 1. The molecule has 3 rings (SSSR count). The zero-order chi connectivity index (χ0) is 25.3. The largest absolute Gasteiger partial charge is 0.342 e. The van der Waals surface area contributed by atoms with Gasteiger partial charge in [-0.3, -0.25) is 9.59 Å². The number of nitrogens with one attached hydrogen (secondary N) is 1. The second-order valence-electron chi connectivity index (χ2n) is 11.3. The SMILES string of the molecule is CC(C)C[C@@H]1NC(=O)C2(CCN(CCCCCCc3ccccc3)CC2)N(CCCN(C)C)C1=O. The summed E-state index contributed by atoms with van der Waals surface area (Å²) in [6.45, 7) is 8.69. The highest BCUT2D eigenvalue weighted by molar-refractivity contribution is 6.00. The standard InChI is InChI=1S/C29H48N4O2/c1-24(2)23-26-27(34)33(20-12-18-31(3)4)29(28(35)30-26)16-21-32(22-17-29)19-11-6-5-8-13-25-14-9-7-10-15-25/h7,9-10,14-15,24,26H,5-6,8,11-13,16-23H2,1-4H3,(H,30,35)/t26-/m0/s1. The van der Waals surface area contributed by atoms with Gasteiger partial charge in [-0.15, -0.1) is 0 Å². The van der Waals surface area contributed by atoms with Crippen LogP contribution < -0.4 is 5.32 Å². The van der Waals surface area contributed by atoms with Gasteiger partial charge in [0.05, 0.1) is 0 Å². The van der Waals surface area contributed by atoms with E-state index in [9.17, 15) is 9.59 Å². The van der Waals surface area contributed by atoms with Crippen LogP contribution in [0.5, 0.6) is 0 Å². The molecule has 1 atom stereocenters. The highest BCUT2D eigenvalue weighted by Gasteiger charge is 2.53. The summed E-state index contributed by atoms with van der Waals surface area (Å²) < 4.78 is 0. The molecule has 2 heterocycles. The Labute approximate surface area is 213 Å². The van der Waals surface area contributed by atoms with Crippen molar-refractivity contribution in [3.8, 4) is 0 Å². The average molecular weight is 485 g/mol. The summed E-state index contributed by atoms with van der Waals surface area (Å²) in [5.41, 5.74) is 0.767. The van der Waals surface area contributed by atoms with Crippen molar-refractivity contribution in [2.45, 2.75) is 83.2 Å². The zero-order valence-electron chi connectivity index (χ0n) is 22.6. The number of carbonyl (C=O) groups is 2. The number of benzene rings is 1. The van der Waals surface area contributed by atoms with Gasteiger partial charge in [-0.1, -0.05) is 57.0 Å². The van der Waals surface area contributed by atoms with Crippen LogP contribution in [-0.2, 0) is 16.0 Å². The highest BCUT2D eigenvalue weighted by Crippen LogP contribution is 2.34. The van der Waals surface area contributed by atoms with Gasteiger partial charge in [0.1, 0.15) is 11.6 Å². The van der Waals surface area contributed by atoms with E-state index in [4.69, 9.17) is 0 Å². The lowest BCUT2D eigenvalue weighted by atomic mass is 9.80. The molecule has 0 radical (unpaired) electrons. The van der Waals surface area contributed by atoms with Crippen LogP contribution >= 0.6 is 0 Å². The maximum atomic E-state index is 13.5. The van der Waals surface area contributed by atoms with Gasteiger partial charge in [-0.05, 0) is 83.6 Å². The lowest BCUT2D eigenvalue weighted by Gasteiger charge is -2.52. The summed E-state index contributed by atoms with van der Waals surface area (Å²) >= 11 is 0. The van der Waals surface area contributed by atoms with Gasteiger partial charge in [0.25, 0.3) is 0 Å². The number of hydrogen-bond acceptors (Lipinski definition) is 4. The molecule has 2 aliphatic heterocycles. The van der Waals surface area contributed by atoms with Crippen LogP contribution in [0.15, 0.2) is 30.3 Å². The van der Waals surface area contributed by atoms with E-state index in [-0.39, 0.29) is 17.9 Å². The summed E-state index contributed by atoms with van der Waals surface area (Å²) in [6, 6.07) is 10.4. The Kier molecular flexibility index (Phi) is 10.6. The van der Waals surface area contributed by atoms with Crippen molar-refractivity contribution in [3.63, 3.8) is 0 Å². The molecule has 2 amide bonds. The molecule has 1 N–H and O–H groups in total. The molecule has 2 aliphatic rings. The number of likely N-dealkylation sites (tertiary alicyclic amines) is 1. The van der Waals surface area contributed by atoms with Crippen LogP contribution in [0.2, 0.25) is 0 Å². The molecule has 0 aromatic heterocycles. The zero-order valence-corrected chi connectivity index (χ0v) is 22.6. The Bertz CT molecular complexity index is 787. The normalized spacial score (nSPS) is 20.7. The van der Waals surface area contributed by atoms with E-state index in [1.807, 2.05) is 4.90 Å². The van der Waals surface area contributed by atoms with Gasteiger partial charge < -0.3 is 20.0 Å². The van der Waals surface area contributed by atoms with E-state index >= 15 is 0 Å². The molecule has 35 heavy (non-hydrogen) atoms. The van der Waals surface area contributed by atoms with Crippen molar-refractivity contribution in [1.29, 1.82) is 0 Å². The Morgan fingerprint density at radius 2 is 1.66 bits per heavy atom. The van der Waals surface area contributed by atoms with Crippen molar-refractivity contribution < 1.29 is 9.59 Å². The van der Waals surface area contributed by atoms with Gasteiger partial charge in [0.15, 0.2) is 0 Å². The number of unbranched alkanes of at least 4 members (excludes halogenated alkanes) is 3. The average Bonchev–Trinajstić information content (AvgIpc) is 2.83. The van der Waals surface area contributed by atoms with Crippen molar-refractivity contribution in [3.05, 3.63) is 35.9 Å². The number of rotatable bonds is 13. The predicted molar refractivity (Wildman–Crippen MR) is 143 cm³/mol. The summed E-state index contributed by atoms with van der Waals surface area (Å²) in [5, 5.41) is 3.12. The fourth-order valence-corrected chi connectivity index (χ4v) is 5.68. The molecule has 2 fully saturated rings. The van der Waals surface area contributed by atoms with E-state index < -0.39 is 5.54 Å². The fraction of sp³-hybridized carbons (Fsp3) is 0.724. The van der Waals surface area contributed by atoms with Crippen molar-refractivity contribution in [1.82, 2.24) is 20.0 Å². The van der Waals surface area contributed by atoms with Crippen LogP contribution in [0.25, 0.3) is 0 Å². The number of piperidine rings is 1. The number of carbonyl (C=O) groups excluding carboxylic acids is 2. The molecule has 1 aromatic carbocycles. The lowest BCUT2D eigenvalue weighted by molar-refractivity contribution is -0.161. The number of hydrogen-bond donors (Lipinski definition) is 1. The molecule has 0 bridgehead atoms. The van der Waals surface area contributed by atoms with Gasteiger partial charge >= 0.3 is 0 Å². The molecule has 2 saturated heterocycles. The van der Waals surface area contributed by atoms with E-state index in [1.54, 1.807) is 0 Å². The molecule has 0 aliphatic carbocycles. The molecule has 1 spiro atoms. The van der Waals surface area contributed by atoms with E-state index in [0.717, 1.165) is 51.9 Å². The second-order valence-corrected chi connectivity index (χ2v) is 11.3. The van der Waals surface area contributed by atoms with Gasteiger partial charge in [0.2, 0.25) is 11.8 Å². The van der Waals surface area contributed by atoms with E-state index in [1.165, 1.54) is 31.2 Å². The third kappa shape index (κ3) is 7.78. The molecule has 1 aromatic rings. The summed E-state index contributed by atoms with van der Waals surface area (Å²) in [6.07, 6.45) is 9.23. The van der Waals surface area contributed by atoms with Gasteiger partial charge in [-0.25, -0.2) is 0 Å². The third-order valence-corrected chi connectivity index (χ3v) is 7.72. The Balaban J connectivity index is 1.48. The van der Waals surface area contributed by atoms with Gasteiger partial charge in [-0.2, -0.15) is 0 Å². The van der Waals surface area contributed by atoms with Crippen molar-refractivity contribution in [2.24, 2.45) is 5.92 Å². The maximum Gasteiger partial charge on any atom is 0.246 e. The van der Waals surface area contributed by atoms with Gasteiger partial charge in [0, 0.05) is 19.6 Å². The second kappa shape index (κ2) is 13.4. The minimum Gasteiger partial charge on any atom is -0.342 e. The summed E-state index contributed by atoms with van der Waals surface area (Å²) in [4.78, 5) is 33.6. The minimum absolute atomic E-state index is 0.0770. The quantitative estimate of drug-likeness (QED) is 0.431. The highest BCUT2D eigenvalue weighted by atomic mass is 16.2. The molecular formula is C29H48N4O2.